The minimum absolute atomic E-state index is 0.285. The Labute approximate surface area is 79.0 Å². The number of rotatable bonds is 2. The van der Waals surface area contributed by atoms with Gasteiger partial charge >= 0.3 is 5.43 Å². The first-order valence-electron chi connectivity index (χ1n) is 2.98. The van der Waals surface area contributed by atoms with Crippen LogP contribution in [0.1, 0.15) is 0 Å². The van der Waals surface area contributed by atoms with Crippen molar-refractivity contribution in [1.82, 2.24) is 0 Å². The van der Waals surface area contributed by atoms with E-state index < -0.39 is 5.43 Å². The Morgan fingerprint density at radius 2 is 2.00 bits per heavy atom. The number of halogens is 2. The monoisotopic (exact) mass is 206 g/mol. The van der Waals surface area contributed by atoms with E-state index in [1.54, 1.807) is 18.2 Å². The second-order valence-electron chi connectivity index (χ2n) is 1.89. The minimum atomic E-state index is -0.901. The topological polar surface area (TPSA) is 35.5 Å². The van der Waals surface area contributed by atoms with Crippen LogP contribution in [0.15, 0.2) is 24.3 Å². The fourth-order valence-corrected chi connectivity index (χ4v) is 0.863. The van der Waals surface area contributed by atoms with Gasteiger partial charge in [0.2, 0.25) is 0 Å². The van der Waals surface area contributed by atoms with Crippen molar-refractivity contribution in [1.29, 1.82) is 0 Å². The molecule has 0 aliphatic carbocycles. The van der Waals surface area contributed by atoms with E-state index in [-0.39, 0.29) is 5.75 Å². The van der Waals surface area contributed by atoms with Crippen molar-refractivity contribution >= 4 is 28.9 Å². The van der Waals surface area contributed by atoms with Crippen molar-refractivity contribution in [3.05, 3.63) is 24.3 Å². The molecule has 0 aliphatic heterocycles. The van der Waals surface area contributed by atoms with Crippen LogP contribution in [0.3, 0.4) is 0 Å². The van der Waals surface area contributed by atoms with Gasteiger partial charge in [-0.05, 0) is 12.1 Å². The smallest absolute Gasteiger partial charge is 0.409 e. The number of carbonyl (C=O) groups excluding carboxylic acids is 1. The van der Waals surface area contributed by atoms with Gasteiger partial charge in [0.15, 0.2) is 0 Å². The maximum Gasteiger partial charge on any atom is 0.409 e. The van der Waals surface area contributed by atoms with Crippen LogP contribution in [-0.4, -0.2) is 5.43 Å². The van der Waals surface area contributed by atoms with E-state index >= 15 is 0 Å². The summed E-state index contributed by atoms with van der Waals surface area (Å²) in [5.74, 6) is 0.667. The van der Waals surface area contributed by atoms with Crippen LogP contribution >= 0.6 is 23.5 Å². The lowest BCUT2D eigenvalue weighted by Crippen LogP contribution is -1.95. The average Bonchev–Trinajstić information content (AvgIpc) is 2.03. The maximum atomic E-state index is 10.3. The molecule has 12 heavy (non-hydrogen) atoms. The predicted octanol–water partition coefficient (Wildman–Crippen LogP) is 2.96. The average molecular weight is 207 g/mol. The second kappa shape index (κ2) is 4.18. The third kappa shape index (κ3) is 2.60. The highest BCUT2D eigenvalue weighted by atomic mass is 35.5. The quantitative estimate of drug-likeness (QED) is 0.699. The van der Waals surface area contributed by atoms with Gasteiger partial charge in [0.05, 0.1) is 0 Å². The zero-order valence-corrected chi connectivity index (χ0v) is 7.30. The molecular formula is C7H4Cl2O3. The molecule has 0 radical (unpaired) electrons. The Balaban J connectivity index is 2.79. The number of benzene rings is 1. The highest BCUT2D eigenvalue weighted by Gasteiger charge is 2.00. The highest BCUT2D eigenvalue weighted by Crippen LogP contribution is 2.20. The number of carbonyl (C=O) groups is 1. The third-order valence-electron chi connectivity index (χ3n) is 1.09. The third-order valence-corrected chi connectivity index (χ3v) is 1.35. The molecule has 1 aromatic rings. The van der Waals surface area contributed by atoms with Crippen LogP contribution < -0.4 is 9.03 Å². The summed E-state index contributed by atoms with van der Waals surface area (Å²) in [7, 11) is 0. The molecule has 0 saturated heterocycles. The van der Waals surface area contributed by atoms with E-state index in [4.69, 9.17) is 23.5 Å². The van der Waals surface area contributed by atoms with Gasteiger partial charge in [0.1, 0.15) is 23.4 Å². The maximum absolute atomic E-state index is 10.3. The van der Waals surface area contributed by atoms with Crippen LogP contribution in [-0.2, 0) is 0 Å². The molecular weight excluding hydrogens is 203 g/mol. The molecule has 0 heterocycles. The molecule has 0 spiro atoms. The predicted molar refractivity (Wildman–Crippen MR) is 44.8 cm³/mol. The highest BCUT2D eigenvalue weighted by molar-refractivity contribution is 6.61. The van der Waals surface area contributed by atoms with E-state index in [1.165, 1.54) is 6.07 Å². The molecule has 0 bridgehead atoms. The van der Waals surface area contributed by atoms with Crippen LogP contribution in [0.5, 0.6) is 11.5 Å². The Hall–Kier alpha value is -0.930. The Kier molecular flexibility index (Phi) is 3.19. The summed E-state index contributed by atoms with van der Waals surface area (Å²) >= 11 is 10.0. The molecule has 0 unspecified atom stereocenters. The van der Waals surface area contributed by atoms with Gasteiger partial charge in [-0.3, -0.25) is 0 Å². The first kappa shape index (κ1) is 9.16. The van der Waals surface area contributed by atoms with Crippen LogP contribution in [0, 0.1) is 0 Å². The molecule has 5 heteroatoms. The van der Waals surface area contributed by atoms with Crippen LogP contribution in [0.4, 0.5) is 4.79 Å². The first-order chi connectivity index (χ1) is 5.72. The molecule has 0 atom stereocenters. The van der Waals surface area contributed by atoms with E-state index in [2.05, 4.69) is 9.03 Å². The Morgan fingerprint density at radius 1 is 1.33 bits per heavy atom. The summed E-state index contributed by atoms with van der Waals surface area (Å²) < 4.78 is 8.92. The number of ether oxygens (including phenoxy) is 1. The van der Waals surface area contributed by atoms with Crippen molar-refractivity contribution in [2.75, 3.05) is 0 Å². The largest absolute Gasteiger partial charge is 0.414 e. The molecule has 0 saturated carbocycles. The van der Waals surface area contributed by atoms with Gasteiger partial charge in [-0.25, -0.2) is 4.79 Å². The standard InChI is InChI=1S/C7H4Cl2O3/c8-7(10)11-5-2-1-3-6(4-5)12-9/h1-4H. The zero-order chi connectivity index (χ0) is 8.97. The van der Waals surface area contributed by atoms with Gasteiger partial charge in [0.25, 0.3) is 0 Å². The molecule has 3 nitrogen and oxygen atoms in total. The first-order valence-corrected chi connectivity index (χ1v) is 3.67. The van der Waals surface area contributed by atoms with Crippen molar-refractivity contribution in [2.45, 2.75) is 0 Å². The van der Waals surface area contributed by atoms with Gasteiger partial charge in [0, 0.05) is 17.7 Å². The van der Waals surface area contributed by atoms with Gasteiger partial charge < -0.3 is 9.03 Å². The lowest BCUT2D eigenvalue weighted by atomic mass is 10.3. The molecule has 64 valence electrons. The zero-order valence-electron chi connectivity index (χ0n) is 5.79. The normalized spacial score (nSPS) is 9.17. The molecule has 1 aromatic carbocycles. The molecule has 0 aliphatic rings. The van der Waals surface area contributed by atoms with E-state index in [9.17, 15) is 4.79 Å². The minimum Gasteiger partial charge on any atom is -0.414 e. The lowest BCUT2D eigenvalue weighted by molar-refractivity contribution is 0.225. The van der Waals surface area contributed by atoms with Gasteiger partial charge in [-0.1, -0.05) is 6.07 Å². The lowest BCUT2D eigenvalue weighted by Gasteiger charge is -2.00. The fourth-order valence-electron chi connectivity index (χ4n) is 0.678. The fraction of sp³-hybridized carbons (Fsp3) is 0. The summed E-state index contributed by atoms with van der Waals surface area (Å²) in [6.45, 7) is 0. The molecule has 0 fully saturated rings. The SMILES string of the molecule is O=C(Cl)Oc1cccc(OCl)c1. The van der Waals surface area contributed by atoms with E-state index in [0.29, 0.717) is 5.75 Å². The Morgan fingerprint density at radius 3 is 2.58 bits per heavy atom. The summed E-state index contributed by atoms with van der Waals surface area (Å²) in [6.07, 6.45) is 0. The van der Waals surface area contributed by atoms with Crippen LogP contribution in [0.2, 0.25) is 0 Å². The Bertz CT molecular complexity index is 288. The van der Waals surface area contributed by atoms with Crippen molar-refractivity contribution in [2.24, 2.45) is 0 Å². The van der Waals surface area contributed by atoms with Crippen molar-refractivity contribution in [3.63, 3.8) is 0 Å². The summed E-state index contributed by atoms with van der Waals surface area (Å²) in [5, 5.41) is 0. The van der Waals surface area contributed by atoms with Crippen molar-refractivity contribution in [3.8, 4) is 11.5 Å². The molecule has 1 rings (SSSR count). The van der Waals surface area contributed by atoms with Gasteiger partial charge in [-0.15, -0.1) is 0 Å². The van der Waals surface area contributed by atoms with E-state index in [1.807, 2.05) is 0 Å². The van der Waals surface area contributed by atoms with E-state index in [0.717, 1.165) is 0 Å². The second-order valence-corrected chi connectivity index (χ2v) is 2.35. The summed E-state index contributed by atoms with van der Waals surface area (Å²) in [6, 6.07) is 6.22. The van der Waals surface area contributed by atoms with Gasteiger partial charge in [-0.2, -0.15) is 0 Å². The summed E-state index contributed by atoms with van der Waals surface area (Å²) in [4.78, 5) is 10.3. The molecule has 0 aromatic heterocycles. The number of hydrogen-bond acceptors (Lipinski definition) is 3. The molecule has 0 amide bonds. The van der Waals surface area contributed by atoms with Crippen molar-refractivity contribution < 1.29 is 13.8 Å². The molecule has 0 N–H and O–H groups in total. The van der Waals surface area contributed by atoms with Crippen LogP contribution in [0.25, 0.3) is 0 Å². The summed E-state index contributed by atoms with van der Waals surface area (Å²) in [5.41, 5.74) is -0.901. The number of hydrogen-bond donors (Lipinski definition) is 0.